The Balaban J connectivity index is 2.05. The standard InChI is InChI=1S/C15H10FN5O2S/c16-12-6-3-5-10(8-12)14-18-19-15(24)20(14)17-9-11-4-1-2-7-13(11)21(22)23/h1-9H,(H,19,24)/b17-9-. The maximum Gasteiger partial charge on any atom is 0.278 e. The minimum Gasteiger partial charge on any atom is -0.258 e. The molecule has 0 unspecified atom stereocenters. The Morgan fingerprint density at radius 3 is 2.83 bits per heavy atom. The van der Waals surface area contributed by atoms with Gasteiger partial charge >= 0.3 is 0 Å². The lowest BCUT2D eigenvalue weighted by atomic mass is 10.2. The summed E-state index contributed by atoms with van der Waals surface area (Å²) >= 11 is 5.11. The Hall–Kier alpha value is -3.20. The Kier molecular flexibility index (Phi) is 4.25. The highest BCUT2D eigenvalue weighted by Gasteiger charge is 2.12. The number of halogens is 1. The fourth-order valence-electron chi connectivity index (χ4n) is 2.10. The summed E-state index contributed by atoms with van der Waals surface area (Å²) in [5.74, 6) is -0.120. The van der Waals surface area contributed by atoms with Gasteiger partial charge in [0, 0.05) is 11.6 Å². The van der Waals surface area contributed by atoms with Gasteiger partial charge in [-0.15, -0.1) is 0 Å². The lowest BCUT2D eigenvalue weighted by molar-refractivity contribution is -0.385. The van der Waals surface area contributed by atoms with Crippen LogP contribution in [0.2, 0.25) is 0 Å². The number of nitrogens with zero attached hydrogens (tertiary/aromatic N) is 4. The van der Waals surface area contributed by atoms with E-state index in [9.17, 15) is 14.5 Å². The second kappa shape index (κ2) is 6.50. The van der Waals surface area contributed by atoms with E-state index in [4.69, 9.17) is 12.2 Å². The molecule has 0 spiro atoms. The second-order valence-corrected chi connectivity index (χ2v) is 5.12. The smallest absolute Gasteiger partial charge is 0.258 e. The van der Waals surface area contributed by atoms with Gasteiger partial charge in [0.1, 0.15) is 5.82 Å². The van der Waals surface area contributed by atoms with Crippen LogP contribution in [0.15, 0.2) is 53.6 Å². The number of para-hydroxylation sites is 1. The van der Waals surface area contributed by atoms with Gasteiger partial charge in [0.2, 0.25) is 4.77 Å². The molecule has 3 rings (SSSR count). The van der Waals surface area contributed by atoms with Crippen LogP contribution in [0, 0.1) is 20.7 Å². The molecule has 0 saturated carbocycles. The molecule has 24 heavy (non-hydrogen) atoms. The summed E-state index contributed by atoms with van der Waals surface area (Å²) in [5, 5.41) is 21.8. The molecule has 0 aliphatic carbocycles. The molecule has 1 heterocycles. The fourth-order valence-corrected chi connectivity index (χ4v) is 2.28. The summed E-state index contributed by atoms with van der Waals surface area (Å²) in [6, 6.07) is 12.0. The van der Waals surface area contributed by atoms with Gasteiger partial charge in [-0.3, -0.25) is 10.1 Å². The zero-order valence-electron chi connectivity index (χ0n) is 12.1. The molecular weight excluding hydrogens is 333 g/mol. The van der Waals surface area contributed by atoms with E-state index in [0.717, 1.165) is 0 Å². The summed E-state index contributed by atoms with van der Waals surface area (Å²) in [5.41, 5.74) is 0.710. The van der Waals surface area contributed by atoms with Crippen molar-refractivity contribution in [2.24, 2.45) is 5.10 Å². The van der Waals surface area contributed by atoms with Crippen molar-refractivity contribution in [3.8, 4) is 11.4 Å². The van der Waals surface area contributed by atoms with Crippen molar-refractivity contribution in [3.63, 3.8) is 0 Å². The molecule has 2 aromatic carbocycles. The van der Waals surface area contributed by atoms with Gasteiger partial charge < -0.3 is 0 Å². The summed E-state index contributed by atoms with van der Waals surface area (Å²) < 4.78 is 14.9. The second-order valence-electron chi connectivity index (χ2n) is 4.74. The van der Waals surface area contributed by atoms with Crippen LogP contribution in [0.1, 0.15) is 5.56 Å². The molecule has 0 radical (unpaired) electrons. The highest BCUT2D eigenvalue weighted by molar-refractivity contribution is 7.71. The number of nitro groups is 1. The van der Waals surface area contributed by atoms with Crippen LogP contribution in [-0.2, 0) is 0 Å². The lowest BCUT2D eigenvalue weighted by Crippen LogP contribution is -1.98. The number of nitrogens with one attached hydrogen (secondary N) is 1. The third-order valence-corrected chi connectivity index (χ3v) is 3.44. The van der Waals surface area contributed by atoms with Gasteiger partial charge in [0.05, 0.1) is 16.7 Å². The topological polar surface area (TPSA) is 89.1 Å². The van der Waals surface area contributed by atoms with E-state index in [1.54, 1.807) is 30.3 Å². The average molecular weight is 343 g/mol. The maximum absolute atomic E-state index is 13.4. The van der Waals surface area contributed by atoms with Crippen molar-refractivity contribution in [3.05, 3.63) is 74.8 Å². The monoisotopic (exact) mass is 343 g/mol. The number of rotatable bonds is 4. The number of H-pyrrole nitrogens is 1. The van der Waals surface area contributed by atoms with Crippen LogP contribution >= 0.6 is 12.2 Å². The predicted octanol–water partition coefficient (Wildman–Crippen LogP) is 3.54. The van der Waals surface area contributed by atoms with E-state index in [2.05, 4.69) is 15.3 Å². The molecular formula is C15H10FN5O2S. The molecule has 9 heteroatoms. The normalized spacial score (nSPS) is 11.0. The highest BCUT2D eigenvalue weighted by Crippen LogP contribution is 2.19. The Bertz CT molecular complexity index is 995. The summed E-state index contributed by atoms with van der Waals surface area (Å²) in [6.45, 7) is 0. The molecule has 120 valence electrons. The Morgan fingerprint density at radius 1 is 1.29 bits per heavy atom. The Morgan fingerprint density at radius 2 is 2.08 bits per heavy atom. The Labute approximate surface area is 140 Å². The lowest BCUT2D eigenvalue weighted by Gasteiger charge is -2.01. The molecule has 0 fully saturated rings. The molecule has 0 saturated heterocycles. The molecule has 1 N–H and O–H groups in total. The summed E-state index contributed by atoms with van der Waals surface area (Å²) in [6.07, 6.45) is 1.31. The molecule has 0 aliphatic heterocycles. The predicted molar refractivity (Wildman–Crippen MR) is 88.9 cm³/mol. The van der Waals surface area contributed by atoms with Gasteiger partial charge in [-0.05, 0) is 30.4 Å². The third kappa shape index (κ3) is 3.10. The van der Waals surface area contributed by atoms with Crippen LogP contribution in [0.25, 0.3) is 11.4 Å². The van der Waals surface area contributed by atoms with Crippen LogP contribution in [-0.4, -0.2) is 26.0 Å². The number of aromatic amines is 1. The number of hydrogen-bond acceptors (Lipinski definition) is 5. The highest BCUT2D eigenvalue weighted by atomic mass is 32.1. The minimum absolute atomic E-state index is 0.0800. The first-order chi connectivity index (χ1) is 11.6. The molecule has 3 aromatic rings. The van der Waals surface area contributed by atoms with E-state index in [1.807, 2.05) is 0 Å². The zero-order valence-corrected chi connectivity index (χ0v) is 12.9. The number of benzene rings is 2. The van der Waals surface area contributed by atoms with Gasteiger partial charge in [-0.2, -0.15) is 14.9 Å². The van der Waals surface area contributed by atoms with Gasteiger partial charge in [0.25, 0.3) is 5.69 Å². The molecule has 0 atom stereocenters. The van der Waals surface area contributed by atoms with E-state index < -0.39 is 10.7 Å². The van der Waals surface area contributed by atoms with Crippen molar-refractivity contribution in [1.29, 1.82) is 0 Å². The number of hydrogen-bond donors (Lipinski definition) is 1. The van der Waals surface area contributed by atoms with Crippen LogP contribution in [0.3, 0.4) is 0 Å². The minimum atomic E-state index is -0.497. The number of aromatic nitrogens is 3. The van der Waals surface area contributed by atoms with E-state index in [0.29, 0.717) is 17.0 Å². The van der Waals surface area contributed by atoms with E-state index >= 15 is 0 Å². The van der Waals surface area contributed by atoms with Crippen molar-refractivity contribution in [1.82, 2.24) is 14.9 Å². The van der Waals surface area contributed by atoms with Crippen molar-refractivity contribution >= 4 is 24.1 Å². The zero-order chi connectivity index (χ0) is 17.1. The van der Waals surface area contributed by atoms with Gasteiger partial charge in [-0.1, -0.05) is 24.3 Å². The molecule has 0 aliphatic rings. The first-order valence-electron chi connectivity index (χ1n) is 6.77. The van der Waals surface area contributed by atoms with E-state index in [-0.39, 0.29) is 10.5 Å². The first kappa shape index (κ1) is 15.7. The van der Waals surface area contributed by atoms with Crippen LogP contribution in [0.5, 0.6) is 0 Å². The van der Waals surface area contributed by atoms with Gasteiger partial charge in [0.15, 0.2) is 5.82 Å². The summed E-state index contributed by atoms with van der Waals surface area (Å²) in [7, 11) is 0. The van der Waals surface area contributed by atoms with Gasteiger partial charge in [-0.25, -0.2) is 9.49 Å². The van der Waals surface area contributed by atoms with Crippen molar-refractivity contribution in [2.45, 2.75) is 0 Å². The van der Waals surface area contributed by atoms with Crippen LogP contribution < -0.4 is 0 Å². The summed E-state index contributed by atoms with van der Waals surface area (Å²) in [4.78, 5) is 10.5. The third-order valence-electron chi connectivity index (χ3n) is 3.18. The fraction of sp³-hybridized carbons (Fsp3) is 0. The number of nitro benzene ring substituents is 1. The largest absolute Gasteiger partial charge is 0.278 e. The SMILES string of the molecule is O=[N+]([O-])c1ccccc1/C=N\n1c(-c2cccc(F)c2)n[nH]c1=S. The van der Waals surface area contributed by atoms with E-state index in [1.165, 1.54) is 29.1 Å². The molecule has 0 amide bonds. The quantitative estimate of drug-likeness (QED) is 0.340. The van der Waals surface area contributed by atoms with Crippen LogP contribution in [0.4, 0.5) is 10.1 Å². The molecule has 0 bridgehead atoms. The average Bonchev–Trinajstić information content (AvgIpc) is 2.94. The molecule has 7 nitrogen and oxygen atoms in total. The first-order valence-corrected chi connectivity index (χ1v) is 7.18. The van der Waals surface area contributed by atoms with Crippen molar-refractivity contribution in [2.75, 3.05) is 0 Å². The maximum atomic E-state index is 13.4. The molecule has 1 aromatic heterocycles. The van der Waals surface area contributed by atoms with Crippen molar-refractivity contribution < 1.29 is 9.31 Å².